The Morgan fingerprint density at radius 1 is 1.46 bits per heavy atom. The van der Waals surface area contributed by atoms with Crippen molar-refractivity contribution in [2.45, 2.75) is 19.4 Å². The molecule has 0 saturated carbocycles. The van der Waals surface area contributed by atoms with Crippen molar-refractivity contribution in [1.82, 2.24) is 10.3 Å². The van der Waals surface area contributed by atoms with Gasteiger partial charge in [-0.3, -0.25) is 9.78 Å². The summed E-state index contributed by atoms with van der Waals surface area (Å²) in [4.78, 5) is 16.1. The smallest absolute Gasteiger partial charge is 0.220 e. The maximum atomic E-state index is 11.9. The Morgan fingerprint density at radius 3 is 2.92 bits per heavy atom. The topological polar surface area (TPSA) is 75.4 Å². The highest BCUT2D eigenvalue weighted by Crippen LogP contribution is 2.39. The van der Waals surface area contributed by atoms with Gasteiger partial charge in [0.15, 0.2) is 4.67 Å². The Labute approximate surface area is 151 Å². The van der Waals surface area contributed by atoms with Gasteiger partial charge in [-0.2, -0.15) is 0 Å². The third-order valence-electron chi connectivity index (χ3n) is 3.66. The number of furan rings is 1. The van der Waals surface area contributed by atoms with Crippen LogP contribution >= 0.6 is 27.5 Å². The van der Waals surface area contributed by atoms with E-state index in [1.54, 1.807) is 43.5 Å². The first-order chi connectivity index (χ1) is 11.5. The van der Waals surface area contributed by atoms with Crippen LogP contribution in [0.3, 0.4) is 0 Å². The van der Waals surface area contributed by atoms with Gasteiger partial charge in [-0.1, -0.05) is 18.5 Å². The lowest BCUT2D eigenvalue weighted by Crippen LogP contribution is -2.28. The summed E-state index contributed by atoms with van der Waals surface area (Å²) in [6.07, 6.45) is 1.88. The predicted molar refractivity (Wildman–Crippen MR) is 95.1 cm³/mol. The highest BCUT2D eigenvalue weighted by atomic mass is 79.9. The number of carbonyl (C=O) groups is 1. The molecular formula is C17H14BrClN2O3. The zero-order valence-corrected chi connectivity index (χ0v) is 15.1. The molecule has 24 heavy (non-hydrogen) atoms. The number of hydrogen-bond acceptors (Lipinski definition) is 4. The zero-order chi connectivity index (χ0) is 17.3. The lowest BCUT2D eigenvalue weighted by Gasteiger charge is -2.19. The van der Waals surface area contributed by atoms with E-state index < -0.39 is 6.04 Å². The van der Waals surface area contributed by atoms with E-state index in [-0.39, 0.29) is 11.7 Å². The van der Waals surface area contributed by atoms with Crippen molar-refractivity contribution >= 4 is 44.3 Å². The van der Waals surface area contributed by atoms with Gasteiger partial charge >= 0.3 is 0 Å². The van der Waals surface area contributed by atoms with Gasteiger partial charge in [-0.15, -0.1) is 0 Å². The van der Waals surface area contributed by atoms with Crippen molar-refractivity contribution in [1.29, 1.82) is 0 Å². The van der Waals surface area contributed by atoms with E-state index in [9.17, 15) is 9.90 Å². The standard InChI is InChI=1S/C17H14BrClN2O3/c1-2-14(22)21-15(12-5-6-13(18)24-12)10-8-11(19)9-4-3-7-20-16(9)17(10)23/h3-8,15,23H,2H2,1H3,(H,21,22). The summed E-state index contributed by atoms with van der Waals surface area (Å²) in [5.74, 6) is 0.262. The zero-order valence-electron chi connectivity index (χ0n) is 12.7. The maximum absolute atomic E-state index is 11.9. The van der Waals surface area contributed by atoms with Crippen molar-refractivity contribution in [3.8, 4) is 5.75 Å². The number of fused-ring (bicyclic) bond motifs is 1. The van der Waals surface area contributed by atoms with E-state index in [1.165, 1.54) is 0 Å². The molecule has 1 aromatic carbocycles. The Morgan fingerprint density at radius 2 is 2.25 bits per heavy atom. The molecule has 3 aromatic rings. The Hall–Kier alpha value is -2.05. The van der Waals surface area contributed by atoms with Gasteiger partial charge in [0.25, 0.3) is 0 Å². The highest BCUT2D eigenvalue weighted by Gasteiger charge is 2.25. The first-order valence-electron chi connectivity index (χ1n) is 7.32. The molecule has 0 radical (unpaired) electrons. The molecule has 124 valence electrons. The number of pyridine rings is 1. The third kappa shape index (κ3) is 3.12. The minimum atomic E-state index is -0.673. The number of phenolic OH excluding ortho intramolecular Hbond substituents is 1. The molecular weight excluding hydrogens is 396 g/mol. The van der Waals surface area contributed by atoms with E-state index >= 15 is 0 Å². The van der Waals surface area contributed by atoms with E-state index in [2.05, 4.69) is 26.2 Å². The largest absolute Gasteiger partial charge is 0.505 e. The molecule has 5 nitrogen and oxygen atoms in total. The second-order valence-electron chi connectivity index (χ2n) is 5.19. The van der Waals surface area contributed by atoms with Gasteiger partial charge in [0.2, 0.25) is 5.91 Å². The Kier molecular flexibility index (Phi) is 4.78. The van der Waals surface area contributed by atoms with Crippen LogP contribution in [0.4, 0.5) is 0 Å². The number of nitrogens with one attached hydrogen (secondary N) is 1. The molecule has 0 aliphatic heterocycles. The number of halogens is 2. The number of hydrogen-bond donors (Lipinski definition) is 2. The molecule has 0 bridgehead atoms. The number of aromatic nitrogens is 1. The van der Waals surface area contributed by atoms with Gasteiger partial charge in [0.05, 0.1) is 5.02 Å². The maximum Gasteiger partial charge on any atom is 0.220 e. The quantitative estimate of drug-likeness (QED) is 0.662. The fourth-order valence-electron chi connectivity index (χ4n) is 2.47. The van der Waals surface area contributed by atoms with E-state index in [4.69, 9.17) is 16.0 Å². The van der Waals surface area contributed by atoms with Crippen LogP contribution in [0.15, 0.2) is 45.6 Å². The summed E-state index contributed by atoms with van der Waals surface area (Å²) in [5, 5.41) is 14.6. The number of aromatic hydroxyl groups is 1. The van der Waals surface area contributed by atoms with Gasteiger partial charge < -0.3 is 14.8 Å². The second-order valence-corrected chi connectivity index (χ2v) is 6.38. The van der Waals surface area contributed by atoms with Gasteiger partial charge in [0.1, 0.15) is 23.1 Å². The highest BCUT2D eigenvalue weighted by molar-refractivity contribution is 9.10. The molecule has 7 heteroatoms. The molecule has 2 heterocycles. The Bertz CT molecular complexity index is 910. The van der Waals surface area contributed by atoms with Crippen molar-refractivity contribution < 1.29 is 14.3 Å². The second kappa shape index (κ2) is 6.83. The molecule has 0 fully saturated rings. The van der Waals surface area contributed by atoms with Crippen LogP contribution in [0.1, 0.15) is 30.7 Å². The lowest BCUT2D eigenvalue weighted by molar-refractivity contribution is -0.121. The summed E-state index contributed by atoms with van der Waals surface area (Å²) >= 11 is 9.59. The van der Waals surface area contributed by atoms with Crippen molar-refractivity contribution in [3.63, 3.8) is 0 Å². The van der Waals surface area contributed by atoms with Crippen molar-refractivity contribution in [2.75, 3.05) is 0 Å². The third-order valence-corrected chi connectivity index (χ3v) is 4.40. The van der Waals surface area contributed by atoms with Gasteiger partial charge in [0, 0.05) is 23.6 Å². The SMILES string of the molecule is CCC(=O)NC(c1ccc(Br)o1)c1cc(Cl)c2cccnc2c1O. The molecule has 3 rings (SSSR count). The lowest BCUT2D eigenvalue weighted by atomic mass is 10.0. The minimum Gasteiger partial charge on any atom is -0.505 e. The number of benzene rings is 1. The Balaban J connectivity index is 2.18. The molecule has 0 aliphatic carbocycles. The molecule has 0 saturated heterocycles. The van der Waals surface area contributed by atoms with E-state index in [0.717, 1.165) is 0 Å². The van der Waals surface area contributed by atoms with Crippen LogP contribution in [0.2, 0.25) is 5.02 Å². The summed E-state index contributed by atoms with van der Waals surface area (Å²) in [5.41, 5.74) is 0.802. The number of amides is 1. The van der Waals surface area contributed by atoms with Gasteiger partial charge in [-0.25, -0.2) is 0 Å². The summed E-state index contributed by atoms with van der Waals surface area (Å²) in [6, 6.07) is 7.91. The number of carbonyl (C=O) groups excluding carboxylic acids is 1. The average Bonchev–Trinajstić information content (AvgIpc) is 3.02. The fourth-order valence-corrected chi connectivity index (χ4v) is 3.06. The summed E-state index contributed by atoms with van der Waals surface area (Å²) < 4.78 is 6.11. The van der Waals surface area contributed by atoms with Crippen LogP contribution in [0.25, 0.3) is 10.9 Å². The predicted octanol–water partition coefficient (Wildman–Crippen LogP) is 4.56. The van der Waals surface area contributed by atoms with E-state index in [0.29, 0.717) is 38.3 Å². The summed E-state index contributed by atoms with van der Waals surface area (Å²) in [6.45, 7) is 1.75. The van der Waals surface area contributed by atoms with Crippen LogP contribution in [0.5, 0.6) is 5.75 Å². The van der Waals surface area contributed by atoms with E-state index in [1.807, 2.05) is 0 Å². The first-order valence-corrected chi connectivity index (χ1v) is 8.49. The first kappa shape index (κ1) is 16.8. The van der Waals surface area contributed by atoms with Crippen LogP contribution in [-0.4, -0.2) is 16.0 Å². The van der Waals surface area contributed by atoms with Crippen LogP contribution in [-0.2, 0) is 4.79 Å². The van der Waals surface area contributed by atoms with Crippen LogP contribution in [0, 0.1) is 0 Å². The molecule has 0 spiro atoms. The molecule has 2 N–H and O–H groups in total. The number of nitrogens with zero attached hydrogens (tertiary/aromatic N) is 1. The number of phenols is 1. The molecule has 2 aromatic heterocycles. The molecule has 0 aliphatic rings. The monoisotopic (exact) mass is 408 g/mol. The molecule has 1 amide bonds. The van der Waals surface area contributed by atoms with Crippen molar-refractivity contribution in [3.05, 3.63) is 57.5 Å². The minimum absolute atomic E-state index is 0.0380. The van der Waals surface area contributed by atoms with Crippen LogP contribution < -0.4 is 5.32 Å². The summed E-state index contributed by atoms with van der Waals surface area (Å²) in [7, 11) is 0. The fraction of sp³-hybridized carbons (Fsp3) is 0.176. The van der Waals surface area contributed by atoms with Crippen molar-refractivity contribution in [2.24, 2.45) is 0 Å². The van der Waals surface area contributed by atoms with Gasteiger partial charge in [-0.05, 0) is 46.3 Å². The average molecular weight is 410 g/mol. The number of rotatable bonds is 4. The molecule has 1 unspecified atom stereocenters. The normalized spacial score (nSPS) is 12.3. The molecule has 1 atom stereocenters.